The zero-order chi connectivity index (χ0) is 14.1. The molecule has 0 saturated heterocycles. The van der Waals surface area contributed by atoms with E-state index in [1.54, 1.807) is 7.05 Å². The number of nitrogens with zero attached hydrogens (tertiary/aromatic N) is 2. The molecular formula is C13H15ClN4OS. The van der Waals surface area contributed by atoms with Gasteiger partial charge in [0.1, 0.15) is 0 Å². The molecule has 1 aromatic carbocycles. The monoisotopic (exact) mass is 310 g/mol. The van der Waals surface area contributed by atoms with Crippen molar-refractivity contribution in [1.29, 1.82) is 0 Å². The zero-order valence-electron chi connectivity index (χ0n) is 11.0. The average molecular weight is 311 g/mol. The molecule has 1 aliphatic rings. The van der Waals surface area contributed by atoms with Crippen LogP contribution in [-0.4, -0.2) is 20.8 Å². The van der Waals surface area contributed by atoms with E-state index in [0.29, 0.717) is 16.2 Å². The van der Waals surface area contributed by atoms with E-state index in [0.717, 1.165) is 17.0 Å². The Morgan fingerprint density at radius 3 is 3.00 bits per heavy atom. The van der Waals surface area contributed by atoms with Gasteiger partial charge in [-0.15, -0.1) is 5.10 Å². The first-order valence-corrected chi connectivity index (χ1v) is 7.64. The van der Waals surface area contributed by atoms with Gasteiger partial charge in [0, 0.05) is 24.5 Å². The summed E-state index contributed by atoms with van der Waals surface area (Å²) < 4.78 is 1.48. The Morgan fingerprint density at radius 2 is 2.35 bits per heavy atom. The van der Waals surface area contributed by atoms with Crippen LogP contribution in [0.25, 0.3) is 0 Å². The standard InChI is InChI=1S/C13H15ClN4OS/c1-18-12(19)16-17-13(18)20-11-8(3-2-4-10(11)14)7-15-9-5-6-9/h2-4,9,15H,5-7H2,1H3,(H,16,19). The highest BCUT2D eigenvalue weighted by Gasteiger charge is 2.21. The van der Waals surface area contributed by atoms with Crippen molar-refractivity contribution in [2.45, 2.75) is 35.5 Å². The number of halogens is 1. The normalized spacial score (nSPS) is 14.7. The molecule has 3 rings (SSSR count). The fourth-order valence-corrected chi connectivity index (χ4v) is 3.10. The van der Waals surface area contributed by atoms with E-state index in [2.05, 4.69) is 15.5 Å². The van der Waals surface area contributed by atoms with Gasteiger partial charge in [-0.1, -0.05) is 23.7 Å². The number of aromatic nitrogens is 3. The number of hydrogen-bond acceptors (Lipinski definition) is 4. The quantitative estimate of drug-likeness (QED) is 0.888. The molecule has 1 saturated carbocycles. The second-order valence-corrected chi connectivity index (χ2v) is 6.24. The largest absolute Gasteiger partial charge is 0.343 e. The number of rotatable bonds is 5. The van der Waals surface area contributed by atoms with Crippen molar-refractivity contribution in [2.75, 3.05) is 0 Å². The lowest BCUT2D eigenvalue weighted by atomic mass is 10.2. The van der Waals surface area contributed by atoms with Crippen LogP contribution in [0.15, 0.2) is 33.0 Å². The van der Waals surface area contributed by atoms with E-state index >= 15 is 0 Å². The second-order valence-electron chi connectivity index (χ2n) is 4.86. The van der Waals surface area contributed by atoms with Gasteiger partial charge in [0.25, 0.3) is 0 Å². The molecule has 0 aliphatic heterocycles. The Hall–Kier alpha value is -1.24. The summed E-state index contributed by atoms with van der Waals surface area (Å²) in [5.41, 5.74) is 0.905. The molecule has 0 bridgehead atoms. The van der Waals surface area contributed by atoms with E-state index in [4.69, 9.17) is 11.6 Å². The van der Waals surface area contributed by atoms with Crippen molar-refractivity contribution in [3.8, 4) is 0 Å². The van der Waals surface area contributed by atoms with Gasteiger partial charge in [-0.25, -0.2) is 9.89 Å². The Labute approximate surface area is 125 Å². The number of hydrogen-bond donors (Lipinski definition) is 2. The Morgan fingerprint density at radius 1 is 1.55 bits per heavy atom. The van der Waals surface area contributed by atoms with Crippen molar-refractivity contribution in [3.05, 3.63) is 39.3 Å². The zero-order valence-corrected chi connectivity index (χ0v) is 12.6. The summed E-state index contributed by atoms with van der Waals surface area (Å²) in [5, 5.41) is 11.2. The molecule has 1 fully saturated rings. The fraction of sp³-hybridized carbons (Fsp3) is 0.385. The maximum absolute atomic E-state index is 11.4. The van der Waals surface area contributed by atoms with Gasteiger partial charge in [-0.2, -0.15) is 0 Å². The van der Waals surface area contributed by atoms with Crippen LogP contribution in [0.4, 0.5) is 0 Å². The van der Waals surface area contributed by atoms with Crippen LogP contribution in [0.3, 0.4) is 0 Å². The summed E-state index contributed by atoms with van der Waals surface area (Å²) in [4.78, 5) is 12.4. The van der Waals surface area contributed by atoms with Gasteiger partial charge < -0.3 is 5.32 Å². The maximum atomic E-state index is 11.4. The maximum Gasteiger partial charge on any atom is 0.343 e. The first-order chi connectivity index (χ1) is 9.65. The van der Waals surface area contributed by atoms with Crippen molar-refractivity contribution in [2.24, 2.45) is 7.05 Å². The number of aromatic amines is 1. The lowest BCUT2D eigenvalue weighted by molar-refractivity contribution is 0.680. The molecule has 7 heteroatoms. The van der Waals surface area contributed by atoms with Gasteiger partial charge in [0.15, 0.2) is 5.16 Å². The van der Waals surface area contributed by atoms with E-state index in [-0.39, 0.29) is 5.69 Å². The first-order valence-electron chi connectivity index (χ1n) is 6.45. The molecule has 20 heavy (non-hydrogen) atoms. The smallest absolute Gasteiger partial charge is 0.310 e. The highest BCUT2D eigenvalue weighted by molar-refractivity contribution is 7.99. The second kappa shape index (κ2) is 5.63. The van der Waals surface area contributed by atoms with Gasteiger partial charge in [0.05, 0.1) is 5.02 Å². The molecule has 0 atom stereocenters. The minimum Gasteiger partial charge on any atom is -0.310 e. The summed E-state index contributed by atoms with van der Waals surface area (Å²) in [7, 11) is 1.69. The third-order valence-electron chi connectivity index (χ3n) is 3.24. The predicted octanol–water partition coefficient (Wildman–Crippen LogP) is 2.16. The molecule has 1 aliphatic carbocycles. The number of H-pyrrole nitrogens is 1. The average Bonchev–Trinajstić information content (AvgIpc) is 3.21. The first kappa shape index (κ1) is 13.7. The highest BCUT2D eigenvalue weighted by atomic mass is 35.5. The molecule has 0 amide bonds. The van der Waals surface area contributed by atoms with Gasteiger partial charge in [0.2, 0.25) is 0 Å². The van der Waals surface area contributed by atoms with Crippen LogP contribution in [0.5, 0.6) is 0 Å². The molecule has 5 nitrogen and oxygen atoms in total. The Balaban J connectivity index is 1.86. The van der Waals surface area contributed by atoms with Crippen molar-refractivity contribution in [3.63, 3.8) is 0 Å². The van der Waals surface area contributed by atoms with Crippen LogP contribution in [0.1, 0.15) is 18.4 Å². The van der Waals surface area contributed by atoms with Crippen LogP contribution in [0, 0.1) is 0 Å². The highest BCUT2D eigenvalue weighted by Crippen LogP contribution is 2.34. The minimum absolute atomic E-state index is 0.225. The lowest BCUT2D eigenvalue weighted by Gasteiger charge is -2.11. The van der Waals surface area contributed by atoms with Crippen LogP contribution < -0.4 is 11.0 Å². The van der Waals surface area contributed by atoms with Crippen molar-refractivity contribution < 1.29 is 0 Å². The molecule has 0 spiro atoms. The summed E-state index contributed by atoms with van der Waals surface area (Å²) >= 11 is 7.70. The summed E-state index contributed by atoms with van der Waals surface area (Å²) in [5.74, 6) is 0. The van der Waals surface area contributed by atoms with E-state index in [1.807, 2.05) is 18.2 Å². The molecule has 0 unspecified atom stereocenters. The molecule has 2 aromatic rings. The molecular weight excluding hydrogens is 296 g/mol. The van der Waals surface area contributed by atoms with Gasteiger partial charge in [-0.3, -0.25) is 4.57 Å². The van der Waals surface area contributed by atoms with Gasteiger partial charge >= 0.3 is 5.69 Å². The van der Waals surface area contributed by atoms with E-state index < -0.39 is 0 Å². The van der Waals surface area contributed by atoms with E-state index in [9.17, 15) is 4.79 Å². The number of nitrogens with one attached hydrogen (secondary N) is 2. The van der Waals surface area contributed by atoms with Crippen LogP contribution >= 0.6 is 23.4 Å². The Kier molecular flexibility index (Phi) is 3.87. The molecule has 2 N–H and O–H groups in total. The fourth-order valence-electron chi connectivity index (χ4n) is 1.86. The predicted molar refractivity (Wildman–Crippen MR) is 79.3 cm³/mol. The van der Waals surface area contributed by atoms with Crippen molar-refractivity contribution >= 4 is 23.4 Å². The molecule has 0 radical (unpaired) electrons. The lowest BCUT2D eigenvalue weighted by Crippen LogP contribution is -2.16. The molecule has 1 heterocycles. The van der Waals surface area contributed by atoms with E-state index in [1.165, 1.54) is 29.2 Å². The summed E-state index contributed by atoms with van der Waals surface area (Å²) in [6.07, 6.45) is 2.49. The van der Waals surface area contributed by atoms with Crippen LogP contribution in [-0.2, 0) is 13.6 Å². The molecule has 1 aromatic heterocycles. The third kappa shape index (κ3) is 2.92. The SMILES string of the molecule is Cn1c(Sc2c(Cl)cccc2CNC2CC2)n[nH]c1=O. The minimum atomic E-state index is -0.225. The van der Waals surface area contributed by atoms with Crippen molar-refractivity contribution in [1.82, 2.24) is 20.1 Å². The summed E-state index contributed by atoms with van der Waals surface area (Å²) in [6, 6.07) is 6.49. The topological polar surface area (TPSA) is 62.7 Å². The Bertz CT molecular complexity index is 677. The molecule has 106 valence electrons. The summed E-state index contributed by atoms with van der Waals surface area (Å²) in [6.45, 7) is 0.784. The third-order valence-corrected chi connectivity index (χ3v) is 4.90. The van der Waals surface area contributed by atoms with Crippen LogP contribution in [0.2, 0.25) is 5.02 Å². The number of benzene rings is 1. The van der Waals surface area contributed by atoms with Gasteiger partial charge in [-0.05, 0) is 36.2 Å².